The van der Waals surface area contributed by atoms with Gasteiger partial charge in [-0.1, -0.05) is 0 Å². The van der Waals surface area contributed by atoms with Crippen molar-refractivity contribution >= 4 is 51.4 Å². The molecule has 1 saturated heterocycles. The molecule has 1 aromatic rings. The van der Waals surface area contributed by atoms with Gasteiger partial charge in [-0.2, -0.15) is 18.3 Å². The van der Waals surface area contributed by atoms with Gasteiger partial charge in [0, 0.05) is 18.2 Å². The van der Waals surface area contributed by atoms with Gasteiger partial charge in [-0.15, -0.1) is 11.8 Å². The normalized spacial score (nSPS) is 21.3. The van der Waals surface area contributed by atoms with Crippen molar-refractivity contribution in [2.24, 2.45) is 0 Å². The molecule has 2 aliphatic rings. The van der Waals surface area contributed by atoms with Crippen molar-refractivity contribution in [2.45, 2.75) is 44.4 Å². The third-order valence-corrected chi connectivity index (χ3v) is 7.38. The lowest BCUT2D eigenvalue weighted by atomic mass is 10.0. The molecule has 3 unspecified atom stereocenters. The predicted molar refractivity (Wildman–Crippen MR) is 111 cm³/mol. The average Bonchev–Trinajstić information content (AvgIpc) is 3.03. The third-order valence-electron chi connectivity index (χ3n) is 5.09. The fourth-order valence-corrected chi connectivity index (χ4v) is 5.24. The second-order valence-electron chi connectivity index (χ2n) is 7.30. The number of nitrogens with one attached hydrogen (secondary N) is 1. The number of carboxylic acids is 1. The average molecular weight is 555 g/mol. The van der Waals surface area contributed by atoms with Gasteiger partial charge in [-0.05, 0) is 29.8 Å². The Hall–Kier alpha value is -2.55. The quantitative estimate of drug-likeness (QED) is 0.402. The second kappa shape index (κ2) is 9.00. The minimum Gasteiger partial charge on any atom is -0.477 e. The number of ether oxygens (including phenoxy) is 1. The number of esters is 1. The second-order valence-corrected chi connectivity index (χ2v) is 9.20. The van der Waals surface area contributed by atoms with Crippen molar-refractivity contribution in [1.29, 1.82) is 0 Å². The molecule has 3 heterocycles. The molecular formula is C18H18BrF3N4O6S. The molecule has 1 aromatic heterocycles. The number of aromatic nitrogens is 2. The highest BCUT2D eigenvalue weighted by molar-refractivity contribution is 9.10. The van der Waals surface area contributed by atoms with Crippen molar-refractivity contribution in [3.05, 3.63) is 27.1 Å². The Kier molecular flexibility index (Phi) is 6.84. The fourth-order valence-electron chi connectivity index (χ4n) is 3.42. The van der Waals surface area contributed by atoms with Crippen LogP contribution in [0, 0.1) is 6.92 Å². The summed E-state index contributed by atoms with van der Waals surface area (Å²) < 4.78 is 44.8. The number of amides is 2. The van der Waals surface area contributed by atoms with Gasteiger partial charge in [0.05, 0.1) is 10.2 Å². The van der Waals surface area contributed by atoms with Crippen LogP contribution in [0.15, 0.2) is 15.7 Å². The highest BCUT2D eigenvalue weighted by atomic mass is 79.9. The molecular weight excluding hydrogens is 537 g/mol. The van der Waals surface area contributed by atoms with Crippen molar-refractivity contribution in [3.8, 4) is 0 Å². The monoisotopic (exact) mass is 554 g/mol. The van der Waals surface area contributed by atoms with Crippen LogP contribution < -0.4 is 5.32 Å². The van der Waals surface area contributed by atoms with E-state index in [0.29, 0.717) is 0 Å². The van der Waals surface area contributed by atoms with Crippen LogP contribution in [0.3, 0.4) is 0 Å². The van der Waals surface area contributed by atoms with Crippen LogP contribution in [-0.2, 0) is 30.1 Å². The van der Waals surface area contributed by atoms with Gasteiger partial charge in [-0.25, -0.2) is 4.79 Å². The lowest BCUT2D eigenvalue weighted by molar-refractivity contribution is -0.151. The molecule has 0 bridgehead atoms. The maximum Gasteiger partial charge on any atom is 0.436 e. The molecule has 10 nitrogen and oxygen atoms in total. The summed E-state index contributed by atoms with van der Waals surface area (Å²) in [6.45, 7) is 3.57. The van der Waals surface area contributed by atoms with E-state index in [-0.39, 0.29) is 33.8 Å². The number of alkyl halides is 3. The summed E-state index contributed by atoms with van der Waals surface area (Å²) in [7, 11) is 0. The van der Waals surface area contributed by atoms with Gasteiger partial charge >= 0.3 is 18.1 Å². The fraction of sp³-hybridized carbons (Fsp3) is 0.500. The summed E-state index contributed by atoms with van der Waals surface area (Å²) >= 11 is 4.01. The summed E-state index contributed by atoms with van der Waals surface area (Å²) in [4.78, 5) is 49.1. The summed E-state index contributed by atoms with van der Waals surface area (Å²) in [5, 5.41) is 14.8. The summed E-state index contributed by atoms with van der Waals surface area (Å²) in [5.41, 5.74) is -1.18. The number of carbonyl (C=O) groups excluding carboxylic acids is 3. The van der Waals surface area contributed by atoms with Crippen LogP contribution in [0.1, 0.15) is 31.3 Å². The standard InChI is InChI=1S/C18H18BrF3N4O6S/c1-6-10(19)13(18(20,21)22)24-26(6)7(2)14(28)23-11-15(29)25-12(17(30)31)9(4-32-8(3)27)5-33-16(11)25/h7,11,16H,4-5H2,1-3H3,(H,23,28)(H,30,31). The van der Waals surface area contributed by atoms with E-state index >= 15 is 0 Å². The Morgan fingerprint density at radius 3 is 2.55 bits per heavy atom. The van der Waals surface area contributed by atoms with Crippen LogP contribution in [0.2, 0.25) is 0 Å². The number of hydrogen-bond acceptors (Lipinski definition) is 7. The molecule has 2 N–H and O–H groups in total. The maximum absolute atomic E-state index is 13.1. The number of carbonyl (C=O) groups is 4. The van der Waals surface area contributed by atoms with Crippen LogP contribution >= 0.6 is 27.7 Å². The number of thioether (sulfide) groups is 1. The molecule has 1 fully saturated rings. The van der Waals surface area contributed by atoms with Crippen LogP contribution in [0.4, 0.5) is 13.2 Å². The molecule has 0 aromatic carbocycles. The van der Waals surface area contributed by atoms with Crippen LogP contribution in [0.5, 0.6) is 0 Å². The lowest BCUT2D eigenvalue weighted by Gasteiger charge is -2.49. The zero-order chi connectivity index (χ0) is 24.8. The topological polar surface area (TPSA) is 131 Å². The number of β-lactam (4-membered cyclic amide) rings is 1. The molecule has 0 aliphatic carbocycles. The van der Waals surface area contributed by atoms with Gasteiger partial charge in [0.15, 0.2) is 5.69 Å². The number of rotatable bonds is 6. The molecule has 15 heteroatoms. The first-order valence-corrected chi connectivity index (χ1v) is 11.2. The van der Waals surface area contributed by atoms with E-state index in [1.165, 1.54) is 32.5 Å². The SMILES string of the molecule is CC(=O)OCC1=C(C(=O)O)N2C(=O)C(NC(=O)C(C)n3nc(C(F)(F)F)c(Br)c3C)C2SC1. The van der Waals surface area contributed by atoms with Gasteiger partial charge in [-0.3, -0.25) is 24.0 Å². The van der Waals surface area contributed by atoms with E-state index in [0.717, 1.165) is 9.58 Å². The largest absolute Gasteiger partial charge is 0.477 e. The molecule has 2 amide bonds. The summed E-state index contributed by atoms with van der Waals surface area (Å²) in [5.74, 6) is -3.30. The molecule has 0 spiro atoms. The Morgan fingerprint density at radius 2 is 2.03 bits per heavy atom. The highest BCUT2D eigenvalue weighted by Crippen LogP contribution is 2.41. The van der Waals surface area contributed by atoms with Crippen molar-refractivity contribution in [3.63, 3.8) is 0 Å². The van der Waals surface area contributed by atoms with E-state index < -0.39 is 53.1 Å². The number of nitrogens with zero attached hydrogens (tertiary/aromatic N) is 3. The van der Waals surface area contributed by atoms with E-state index in [1.54, 1.807) is 0 Å². The van der Waals surface area contributed by atoms with Crippen molar-refractivity contribution in [2.75, 3.05) is 12.4 Å². The number of halogens is 4. The zero-order valence-electron chi connectivity index (χ0n) is 17.4. The first-order chi connectivity index (χ1) is 15.3. The Bertz CT molecular complexity index is 1070. The smallest absolute Gasteiger partial charge is 0.436 e. The van der Waals surface area contributed by atoms with Crippen molar-refractivity contribution in [1.82, 2.24) is 20.0 Å². The molecule has 3 rings (SSSR count). The molecule has 180 valence electrons. The lowest BCUT2D eigenvalue weighted by Crippen LogP contribution is -2.71. The molecule has 0 radical (unpaired) electrons. The summed E-state index contributed by atoms with van der Waals surface area (Å²) in [6, 6.07) is -2.25. The van der Waals surface area contributed by atoms with Gasteiger partial charge in [0.2, 0.25) is 5.91 Å². The van der Waals surface area contributed by atoms with Gasteiger partial charge < -0.3 is 15.2 Å². The third kappa shape index (κ3) is 4.60. The molecule has 2 aliphatic heterocycles. The van der Waals surface area contributed by atoms with E-state index in [9.17, 15) is 37.5 Å². The minimum atomic E-state index is -4.72. The summed E-state index contributed by atoms with van der Waals surface area (Å²) in [6.07, 6.45) is -4.72. The first kappa shape index (κ1) is 25.1. The molecule has 3 atom stereocenters. The van der Waals surface area contributed by atoms with E-state index in [1.807, 2.05) is 0 Å². The van der Waals surface area contributed by atoms with Crippen LogP contribution in [-0.4, -0.2) is 67.3 Å². The Labute approximate surface area is 197 Å². The number of hydrogen-bond donors (Lipinski definition) is 2. The minimum absolute atomic E-state index is 0.0739. The van der Waals surface area contributed by atoms with E-state index in [4.69, 9.17) is 4.74 Å². The predicted octanol–water partition coefficient (Wildman–Crippen LogP) is 1.84. The molecule has 33 heavy (non-hydrogen) atoms. The van der Waals surface area contributed by atoms with Crippen molar-refractivity contribution < 1.29 is 42.2 Å². The Morgan fingerprint density at radius 1 is 1.39 bits per heavy atom. The maximum atomic E-state index is 13.1. The molecule has 0 saturated carbocycles. The van der Waals surface area contributed by atoms with Gasteiger partial charge in [0.1, 0.15) is 29.8 Å². The first-order valence-electron chi connectivity index (χ1n) is 9.41. The van der Waals surface area contributed by atoms with E-state index in [2.05, 4.69) is 26.3 Å². The highest BCUT2D eigenvalue weighted by Gasteiger charge is 2.54. The number of fused-ring (bicyclic) bond motifs is 1. The number of aliphatic carboxylic acids is 1. The van der Waals surface area contributed by atoms with Crippen LogP contribution in [0.25, 0.3) is 0 Å². The van der Waals surface area contributed by atoms with Gasteiger partial charge in [0.25, 0.3) is 5.91 Å². The Balaban J connectivity index is 1.76. The zero-order valence-corrected chi connectivity index (χ0v) is 19.8. The number of carboxylic acid groups (broad SMARTS) is 1.